The van der Waals surface area contributed by atoms with Crippen molar-refractivity contribution in [3.8, 4) is 0 Å². The van der Waals surface area contributed by atoms with Gasteiger partial charge in [0.05, 0.1) is 0 Å². The number of aryl methyl sites for hydroxylation is 1. The molecular weight excluding hydrogens is 360 g/mol. The molecule has 0 radical (unpaired) electrons. The van der Waals surface area contributed by atoms with E-state index in [1.165, 1.54) is 31.2 Å². The highest BCUT2D eigenvalue weighted by Gasteiger charge is 2.25. The molecule has 1 aliphatic rings. The van der Waals surface area contributed by atoms with E-state index in [1.54, 1.807) is 0 Å². The Kier molecular flexibility index (Phi) is 5.72. The number of carboxylic acids is 1. The highest BCUT2D eigenvalue weighted by atomic mass is 16.4. The molecule has 1 heterocycles. The van der Waals surface area contributed by atoms with Crippen LogP contribution in [0.15, 0.2) is 48.5 Å². The summed E-state index contributed by atoms with van der Waals surface area (Å²) in [6, 6.07) is 16.8. The predicted octanol–water partition coefficient (Wildman–Crippen LogP) is 5.36. The van der Waals surface area contributed by atoms with Crippen LogP contribution in [0.2, 0.25) is 0 Å². The maximum Gasteiger partial charge on any atom is 0.352 e. The van der Waals surface area contributed by atoms with Gasteiger partial charge in [-0.25, -0.2) is 4.79 Å². The molecule has 2 atom stereocenters. The van der Waals surface area contributed by atoms with Crippen molar-refractivity contribution >= 4 is 16.9 Å². The Labute approximate surface area is 172 Å². The van der Waals surface area contributed by atoms with Crippen molar-refractivity contribution < 1.29 is 9.90 Å². The van der Waals surface area contributed by atoms with Gasteiger partial charge < -0.3 is 15.0 Å². The van der Waals surface area contributed by atoms with Crippen LogP contribution in [0.25, 0.3) is 10.9 Å². The largest absolute Gasteiger partial charge is 0.477 e. The number of carboxylic acid groups (broad SMARTS) is 1. The SMILES string of the molecule is Cc1cccc(Cn2c(C(=O)O)c(CN[C@@H]3CCCC[C@@H]3C)c3ccccc32)c1. The fraction of sp³-hybridized carbons (Fsp3) is 0.400. The molecule has 29 heavy (non-hydrogen) atoms. The monoisotopic (exact) mass is 390 g/mol. The second-order valence-corrected chi connectivity index (χ2v) is 8.47. The molecule has 2 aromatic carbocycles. The Hall–Kier alpha value is -2.59. The number of nitrogens with one attached hydrogen (secondary N) is 1. The first-order chi connectivity index (χ1) is 14.0. The smallest absolute Gasteiger partial charge is 0.352 e. The predicted molar refractivity (Wildman–Crippen MR) is 117 cm³/mol. The summed E-state index contributed by atoms with van der Waals surface area (Å²) in [6.45, 7) is 5.52. The van der Waals surface area contributed by atoms with E-state index < -0.39 is 5.97 Å². The zero-order chi connectivity index (χ0) is 20.4. The third kappa shape index (κ3) is 4.08. The van der Waals surface area contributed by atoms with E-state index in [4.69, 9.17) is 0 Å². The highest BCUT2D eigenvalue weighted by molar-refractivity contribution is 5.98. The zero-order valence-corrected chi connectivity index (χ0v) is 17.3. The molecule has 4 nitrogen and oxygen atoms in total. The second-order valence-electron chi connectivity index (χ2n) is 8.47. The van der Waals surface area contributed by atoms with Gasteiger partial charge in [0.1, 0.15) is 5.69 Å². The van der Waals surface area contributed by atoms with E-state index in [0.29, 0.717) is 30.7 Å². The summed E-state index contributed by atoms with van der Waals surface area (Å²) in [5.41, 5.74) is 4.60. The van der Waals surface area contributed by atoms with E-state index >= 15 is 0 Å². The number of nitrogens with zero attached hydrogens (tertiary/aromatic N) is 1. The number of para-hydroxylation sites is 1. The molecule has 1 aliphatic carbocycles. The normalized spacial score (nSPS) is 19.5. The summed E-state index contributed by atoms with van der Waals surface area (Å²) in [4.78, 5) is 12.3. The van der Waals surface area contributed by atoms with Crippen molar-refractivity contribution in [2.24, 2.45) is 5.92 Å². The summed E-state index contributed by atoms with van der Waals surface area (Å²) in [5.74, 6) is -0.222. The fourth-order valence-electron chi connectivity index (χ4n) is 4.81. The van der Waals surface area contributed by atoms with Gasteiger partial charge in [0, 0.05) is 35.6 Å². The van der Waals surface area contributed by atoms with Crippen LogP contribution in [0.3, 0.4) is 0 Å². The minimum absolute atomic E-state index is 0.406. The first-order valence-electron chi connectivity index (χ1n) is 10.7. The number of carbonyl (C=O) groups is 1. The molecular formula is C25H30N2O2. The summed E-state index contributed by atoms with van der Waals surface area (Å²) in [6.07, 6.45) is 4.97. The Balaban J connectivity index is 1.73. The molecule has 1 aromatic heterocycles. The van der Waals surface area contributed by atoms with Crippen molar-refractivity contribution in [2.75, 3.05) is 0 Å². The molecule has 0 saturated heterocycles. The quantitative estimate of drug-likeness (QED) is 0.595. The average molecular weight is 391 g/mol. The number of aromatic carboxylic acids is 1. The minimum Gasteiger partial charge on any atom is -0.477 e. The molecule has 1 saturated carbocycles. The number of benzene rings is 2. The molecule has 3 aromatic rings. The molecule has 1 fully saturated rings. The van der Waals surface area contributed by atoms with Crippen LogP contribution in [0, 0.1) is 12.8 Å². The molecule has 0 bridgehead atoms. The lowest BCUT2D eigenvalue weighted by Gasteiger charge is -2.29. The van der Waals surface area contributed by atoms with Crippen LogP contribution in [0.5, 0.6) is 0 Å². The molecule has 4 rings (SSSR count). The summed E-state index contributed by atoms with van der Waals surface area (Å²) >= 11 is 0. The van der Waals surface area contributed by atoms with Crippen LogP contribution in [-0.2, 0) is 13.1 Å². The van der Waals surface area contributed by atoms with Gasteiger partial charge in [-0.15, -0.1) is 0 Å². The Bertz CT molecular complexity index is 1020. The van der Waals surface area contributed by atoms with Crippen LogP contribution < -0.4 is 5.32 Å². The van der Waals surface area contributed by atoms with Gasteiger partial charge in [-0.2, -0.15) is 0 Å². The van der Waals surface area contributed by atoms with Crippen molar-refractivity contribution in [3.05, 3.63) is 70.9 Å². The number of hydrogen-bond acceptors (Lipinski definition) is 2. The van der Waals surface area contributed by atoms with Gasteiger partial charge >= 0.3 is 5.97 Å². The molecule has 152 valence electrons. The Morgan fingerprint density at radius 2 is 1.93 bits per heavy atom. The topological polar surface area (TPSA) is 54.3 Å². The Morgan fingerprint density at radius 1 is 1.14 bits per heavy atom. The third-order valence-corrected chi connectivity index (χ3v) is 6.35. The van der Waals surface area contributed by atoms with Gasteiger partial charge in [-0.05, 0) is 37.3 Å². The minimum atomic E-state index is -0.859. The van der Waals surface area contributed by atoms with Crippen molar-refractivity contribution in [1.82, 2.24) is 9.88 Å². The molecule has 0 aliphatic heterocycles. The van der Waals surface area contributed by atoms with E-state index in [0.717, 1.165) is 22.0 Å². The van der Waals surface area contributed by atoms with Crippen LogP contribution in [0.4, 0.5) is 0 Å². The lowest BCUT2D eigenvalue weighted by Crippen LogP contribution is -2.37. The van der Waals surface area contributed by atoms with Crippen LogP contribution in [0.1, 0.15) is 59.8 Å². The van der Waals surface area contributed by atoms with Gasteiger partial charge in [-0.1, -0.05) is 67.8 Å². The van der Waals surface area contributed by atoms with Crippen molar-refractivity contribution in [2.45, 2.75) is 58.7 Å². The van der Waals surface area contributed by atoms with Crippen molar-refractivity contribution in [1.29, 1.82) is 0 Å². The standard InChI is InChI=1S/C25H30N2O2/c1-17-8-7-10-19(14-17)16-27-23-13-6-4-11-20(23)21(24(27)25(28)29)15-26-22-12-5-3-9-18(22)2/h4,6-8,10-11,13-14,18,22,26H,3,5,9,12,15-16H2,1-2H3,(H,28,29)/t18-,22+/m0/s1. The van der Waals surface area contributed by atoms with E-state index in [-0.39, 0.29) is 0 Å². The number of fused-ring (bicyclic) bond motifs is 1. The van der Waals surface area contributed by atoms with Crippen LogP contribution in [-0.4, -0.2) is 21.7 Å². The van der Waals surface area contributed by atoms with Gasteiger partial charge in [0.2, 0.25) is 0 Å². The number of rotatable bonds is 6. The van der Waals surface area contributed by atoms with E-state index in [9.17, 15) is 9.90 Å². The maximum absolute atomic E-state index is 12.3. The van der Waals surface area contributed by atoms with Gasteiger partial charge in [0.25, 0.3) is 0 Å². The third-order valence-electron chi connectivity index (χ3n) is 6.35. The fourth-order valence-corrected chi connectivity index (χ4v) is 4.81. The second kappa shape index (κ2) is 8.42. The lowest BCUT2D eigenvalue weighted by atomic mass is 9.86. The zero-order valence-electron chi connectivity index (χ0n) is 17.3. The van der Waals surface area contributed by atoms with Gasteiger partial charge in [0.15, 0.2) is 0 Å². The summed E-state index contributed by atoms with van der Waals surface area (Å²) in [5, 5.41) is 14.8. The number of aromatic nitrogens is 1. The van der Waals surface area contributed by atoms with E-state index in [2.05, 4.69) is 43.4 Å². The molecule has 4 heteroatoms. The average Bonchev–Trinajstić information content (AvgIpc) is 3.01. The lowest BCUT2D eigenvalue weighted by molar-refractivity contribution is 0.0684. The molecule has 0 spiro atoms. The Morgan fingerprint density at radius 3 is 2.69 bits per heavy atom. The molecule has 2 N–H and O–H groups in total. The first-order valence-corrected chi connectivity index (χ1v) is 10.7. The first kappa shape index (κ1) is 19.7. The summed E-state index contributed by atoms with van der Waals surface area (Å²) in [7, 11) is 0. The summed E-state index contributed by atoms with van der Waals surface area (Å²) < 4.78 is 1.97. The van der Waals surface area contributed by atoms with Crippen molar-refractivity contribution in [3.63, 3.8) is 0 Å². The van der Waals surface area contributed by atoms with Gasteiger partial charge in [-0.3, -0.25) is 0 Å². The highest BCUT2D eigenvalue weighted by Crippen LogP contribution is 2.29. The van der Waals surface area contributed by atoms with E-state index in [1.807, 2.05) is 28.8 Å². The molecule has 0 amide bonds. The number of hydrogen-bond donors (Lipinski definition) is 2. The van der Waals surface area contributed by atoms with Crippen LogP contribution >= 0.6 is 0 Å². The maximum atomic E-state index is 12.3. The molecule has 0 unspecified atom stereocenters.